The van der Waals surface area contributed by atoms with Crippen molar-refractivity contribution in [3.05, 3.63) is 11.8 Å². The summed E-state index contributed by atoms with van der Waals surface area (Å²) in [7, 11) is 0. The van der Waals surface area contributed by atoms with E-state index in [2.05, 4.69) is 11.4 Å². The first-order valence-electron chi connectivity index (χ1n) is 4.04. The van der Waals surface area contributed by atoms with E-state index in [1.54, 1.807) is 0 Å². The third kappa shape index (κ3) is 1.25. The van der Waals surface area contributed by atoms with Crippen molar-refractivity contribution in [1.29, 1.82) is 0 Å². The van der Waals surface area contributed by atoms with Crippen LogP contribution in [0.1, 0.15) is 19.3 Å². The van der Waals surface area contributed by atoms with Gasteiger partial charge in [-0.15, -0.1) is 0 Å². The van der Waals surface area contributed by atoms with E-state index in [4.69, 9.17) is 18.0 Å². The van der Waals surface area contributed by atoms with Crippen LogP contribution >= 0.6 is 12.2 Å². The van der Waals surface area contributed by atoms with Crippen LogP contribution in [-0.2, 0) is 0 Å². The Kier molecular flexibility index (Phi) is 1.60. The maximum absolute atomic E-state index is 5.38. The highest BCUT2D eigenvalue weighted by molar-refractivity contribution is 7.80. The van der Waals surface area contributed by atoms with Gasteiger partial charge in [-0.1, -0.05) is 6.08 Å². The van der Waals surface area contributed by atoms with Crippen LogP contribution in [0.2, 0.25) is 0 Å². The lowest BCUT2D eigenvalue weighted by atomic mass is 10.0. The fraction of sp³-hybridized carbons (Fsp3) is 0.625. The molecule has 0 saturated heterocycles. The van der Waals surface area contributed by atoms with Crippen LogP contribution in [0.4, 0.5) is 0 Å². The summed E-state index contributed by atoms with van der Waals surface area (Å²) >= 11 is 4.77. The number of fused-ring (bicyclic) bond motifs is 2. The van der Waals surface area contributed by atoms with Crippen LogP contribution < -0.4 is 11.1 Å². The van der Waals surface area contributed by atoms with Crippen molar-refractivity contribution in [1.82, 2.24) is 5.32 Å². The van der Waals surface area contributed by atoms with E-state index in [1.807, 2.05) is 0 Å². The van der Waals surface area contributed by atoms with Crippen LogP contribution in [0.5, 0.6) is 0 Å². The summed E-state index contributed by atoms with van der Waals surface area (Å²) in [4.78, 5) is 0. The van der Waals surface area contributed by atoms with Gasteiger partial charge in [-0.2, -0.15) is 0 Å². The molecule has 2 atom stereocenters. The molecule has 2 aliphatic rings. The lowest BCUT2D eigenvalue weighted by Gasteiger charge is -2.13. The molecule has 0 amide bonds. The Bertz CT molecular complexity index is 222. The van der Waals surface area contributed by atoms with Gasteiger partial charge in [0.15, 0.2) is 5.11 Å². The van der Waals surface area contributed by atoms with E-state index in [0.717, 1.165) is 11.8 Å². The number of thiocarbonyl (C=S) groups is 1. The highest BCUT2D eigenvalue weighted by Gasteiger charge is 2.32. The number of nitrogens with one attached hydrogen (secondary N) is 1. The molecule has 0 aromatic carbocycles. The molecule has 3 N–H and O–H groups in total. The standard InChI is InChI=1S/C8H12N2S/c9-8(11)10-7-4-5-1-2-6(7)3-5/h4-6H,1-3H2,(H3,9,10,11)/t5-,6?/m0/s1. The Morgan fingerprint density at radius 2 is 2.45 bits per heavy atom. The third-order valence-electron chi connectivity index (χ3n) is 2.60. The van der Waals surface area contributed by atoms with E-state index < -0.39 is 0 Å². The van der Waals surface area contributed by atoms with Gasteiger partial charge in [-0.25, -0.2) is 0 Å². The number of allylic oxidation sites excluding steroid dienone is 2. The van der Waals surface area contributed by atoms with E-state index in [9.17, 15) is 0 Å². The molecule has 11 heavy (non-hydrogen) atoms. The summed E-state index contributed by atoms with van der Waals surface area (Å²) in [5.41, 5.74) is 6.66. The first-order valence-corrected chi connectivity index (χ1v) is 4.44. The minimum absolute atomic E-state index is 0.406. The van der Waals surface area contributed by atoms with Crippen molar-refractivity contribution < 1.29 is 0 Å². The third-order valence-corrected chi connectivity index (χ3v) is 2.70. The first-order chi connectivity index (χ1) is 5.25. The highest BCUT2D eigenvalue weighted by Crippen LogP contribution is 2.42. The molecule has 0 aromatic heterocycles. The van der Waals surface area contributed by atoms with E-state index >= 15 is 0 Å². The Balaban J connectivity index is 2.05. The van der Waals surface area contributed by atoms with Gasteiger partial charge in [-0.05, 0) is 43.3 Å². The maximum Gasteiger partial charge on any atom is 0.167 e. The zero-order chi connectivity index (χ0) is 7.84. The molecule has 1 fully saturated rings. The van der Waals surface area contributed by atoms with Crippen molar-refractivity contribution in [2.45, 2.75) is 19.3 Å². The maximum atomic E-state index is 5.38. The van der Waals surface area contributed by atoms with Crippen molar-refractivity contribution in [3.63, 3.8) is 0 Å². The fourth-order valence-electron chi connectivity index (χ4n) is 2.13. The van der Waals surface area contributed by atoms with Gasteiger partial charge in [0, 0.05) is 5.70 Å². The molecule has 0 heterocycles. The van der Waals surface area contributed by atoms with Crippen molar-refractivity contribution in [2.75, 3.05) is 0 Å². The Hall–Kier alpha value is -0.570. The van der Waals surface area contributed by atoms with Crippen molar-refractivity contribution in [3.8, 4) is 0 Å². The lowest BCUT2D eigenvalue weighted by Crippen LogP contribution is -2.30. The Morgan fingerprint density at radius 3 is 2.91 bits per heavy atom. The van der Waals surface area contributed by atoms with Gasteiger partial charge < -0.3 is 11.1 Å². The number of hydrogen-bond donors (Lipinski definition) is 2. The van der Waals surface area contributed by atoms with E-state index in [-0.39, 0.29) is 0 Å². The lowest BCUT2D eigenvalue weighted by molar-refractivity contribution is 0.632. The van der Waals surface area contributed by atoms with Gasteiger partial charge in [0.2, 0.25) is 0 Å². The second-order valence-corrected chi connectivity index (χ2v) is 3.82. The Labute approximate surface area is 71.8 Å². The highest BCUT2D eigenvalue weighted by atomic mass is 32.1. The van der Waals surface area contributed by atoms with Crippen LogP contribution in [0.15, 0.2) is 11.8 Å². The zero-order valence-corrected chi connectivity index (χ0v) is 7.16. The summed E-state index contributed by atoms with van der Waals surface area (Å²) in [6.07, 6.45) is 6.26. The van der Waals surface area contributed by atoms with Crippen LogP contribution in [0, 0.1) is 11.8 Å². The van der Waals surface area contributed by atoms with Gasteiger partial charge in [0.1, 0.15) is 0 Å². The normalized spacial score (nSPS) is 33.6. The predicted octanol–water partition coefficient (Wildman–Crippen LogP) is 1.13. The molecule has 2 aliphatic carbocycles. The molecule has 1 saturated carbocycles. The number of rotatable bonds is 1. The van der Waals surface area contributed by atoms with Crippen LogP contribution in [0.25, 0.3) is 0 Å². The SMILES string of the molecule is NC(=S)NC1=C[C@H]2CCC1C2. The quantitative estimate of drug-likeness (QED) is 0.576. The molecule has 0 radical (unpaired) electrons. The Morgan fingerprint density at radius 1 is 1.64 bits per heavy atom. The van der Waals surface area contributed by atoms with E-state index in [0.29, 0.717) is 5.11 Å². The zero-order valence-electron chi connectivity index (χ0n) is 6.34. The van der Waals surface area contributed by atoms with Gasteiger partial charge in [0.25, 0.3) is 0 Å². The van der Waals surface area contributed by atoms with E-state index in [1.165, 1.54) is 25.0 Å². The second-order valence-electron chi connectivity index (χ2n) is 3.38. The number of nitrogens with two attached hydrogens (primary N) is 1. The fourth-order valence-corrected chi connectivity index (χ4v) is 2.24. The molecule has 0 aromatic rings. The molecule has 2 bridgehead atoms. The van der Waals surface area contributed by atoms with Gasteiger partial charge in [-0.3, -0.25) is 0 Å². The monoisotopic (exact) mass is 168 g/mol. The van der Waals surface area contributed by atoms with Crippen molar-refractivity contribution >= 4 is 17.3 Å². The summed E-state index contributed by atoms with van der Waals surface area (Å²) in [5, 5.41) is 3.45. The average molecular weight is 168 g/mol. The molecule has 1 unspecified atom stereocenters. The molecule has 3 heteroatoms. The summed E-state index contributed by atoms with van der Waals surface area (Å²) in [5.74, 6) is 1.53. The predicted molar refractivity (Wildman–Crippen MR) is 48.8 cm³/mol. The van der Waals surface area contributed by atoms with Crippen LogP contribution in [-0.4, -0.2) is 5.11 Å². The van der Waals surface area contributed by atoms with Gasteiger partial charge in [0.05, 0.1) is 0 Å². The summed E-state index contributed by atoms with van der Waals surface area (Å²) < 4.78 is 0. The number of hydrogen-bond acceptors (Lipinski definition) is 1. The average Bonchev–Trinajstić information content (AvgIpc) is 2.45. The minimum atomic E-state index is 0.406. The second kappa shape index (κ2) is 2.48. The smallest absolute Gasteiger partial charge is 0.167 e. The molecular formula is C8H12N2S. The van der Waals surface area contributed by atoms with Crippen LogP contribution in [0.3, 0.4) is 0 Å². The molecular weight excluding hydrogens is 156 g/mol. The molecule has 2 rings (SSSR count). The first kappa shape index (κ1) is 7.10. The summed E-state index contributed by atoms with van der Waals surface area (Å²) in [6.45, 7) is 0. The van der Waals surface area contributed by atoms with Crippen molar-refractivity contribution in [2.24, 2.45) is 17.6 Å². The minimum Gasteiger partial charge on any atom is -0.376 e. The summed E-state index contributed by atoms with van der Waals surface area (Å²) in [6, 6.07) is 0. The molecule has 0 aliphatic heterocycles. The van der Waals surface area contributed by atoms with Gasteiger partial charge >= 0.3 is 0 Å². The molecule has 2 nitrogen and oxygen atoms in total. The topological polar surface area (TPSA) is 38.0 Å². The largest absolute Gasteiger partial charge is 0.376 e. The molecule has 60 valence electrons. The molecule has 0 spiro atoms.